The van der Waals surface area contributed by atoms with Crippen molar-refractivity contribution in [2.75, 3.05) is 0 Å². The maximum absolute atomic E-state index is 12.4. The number of aromatic nitrogens is 2. The van der Waals surface area contributed by atoms with Crippen molar-refractivity contribution in [3.8, 4) is 0 Å². The lowest BCUT2D eigenvalue weighted by molar-refractivity contribution is -0.120. The Kier molecular flexibility index (Phi) is 3.91. The van der Waals surface area contributed by atoms with Crippen LogP contribution in [0.1, 0.15) is 55.5 Å². The minimum absolute atomic E-state index is 0.0829. The third kappa shape index (κ3) is 2.65. The zero-order valence-corrected chi connectivity index (χ0v) is 12.7. The Labute approximate surface area is 126 Å². The maximum Gasteiger partial charge on any atom is 0.146 e. The van der Waals surface area contributed by atoms with Gasteiger partial charge >= 0.3 is 0 Å². The summed E-state index contributed by atoms with van der Waals surface area (Å²) in [6.45, 7) is 4.35. The van der Waals surface area contributed by atoms with Crippen LogP contribution in [0.3, 0.4) is 0 Å². The molecule has 1 aliphatic carbocycles. The van der Waals surface area contributed by atoms with Gasteiger partial charge in [-0.05, 0) is 36.5 Å². The molecule has 2 aromatic rings. The molecule has 110 valence electrons. The van der Waals surface area contributed by atoms with Crippen molar-refractivity contribution in [2.24, 2.45) is 0 Å². The molecule has 21 heavy (non-hydrogen) atoms. The molecule has 0 saturated heterocycles. The van der Waals surface area contributed by atoms with E-state index in [0.29, 0.717) is 18.2 Å². The van der Waals surface area contributed by atoms with E-state index in [2.05, 4.69) is 31.1 Å². The monoisotopic (exact) mass is 282 g/mol. The summed E-state index contributed by atoms with van der Waals surface area (Å²) >= 11 is 0. The van der Waals surface area contributed by atoms with Gasteiger partial charge < -0.3 is 0 Å². The number of Topliss-reactive ketones (excluding diaryl/α,β-unsaturated/α-hetero) is 1. The minimum Gasteiger partial charge on any atom is -0.299 e. The van der Waals surface area contributed by atoms with Gasteiger partial charge in [0.25, 0.3) is 0 Å². The fraction of sp³-hybridized carbons (Fsp3) is 0.444. The Bertz CT molecular complexity index is 640. The average Bonchev–Trinajstić information content (AvgIpc) is 2.90. The molecule has 0 N–H and O–H groups in total. The Morgan fingerprint density at radius 3 is 2.76 bits per heavy atom. The number of benzene rings is 1. The second kappa shape index (κ2) is 5.84. The number of carbonyl (C=O) groups is 1. The quantitative estimate of drug-likeness (QED) is 0.809. The predicted octanol–water partition coefficient (Wildman–Crippen LogP) is 3.70. The molecular formula is C18H22N2O. The highest BCUT2D eigenvalue weighted by molar-refractivity contribution is 5.90. The van der Waals surface area contributed by atoms with Gasteiger partial charge in [0.15, 0.2) is 0 Å². The molecule has 1 aromatic carbocycles. The zero-order valence-electron chi connectivity index (χ0n) is 12.7. The predicted molar refractivity (Wildman–Crippen MR) is 83.4 cm³/mol. The SMILES string of the molecule is CCC(CC)n1ccc(CC(=O)C2Cc3ccccc32)n1. The van der Waals surface area contributed by atoms with E-state index in [0.717, 1.165) is 25.0 Å². The van der Waals surface area contributed by atoms with Crippen molar-refractivity contribution in [2.45, 2.75) is 51.5 Å². The van der Waals surface area contributed by atoms with Crippen molar-refractivity contribution in [1.29, 1.82) is 0 Å². The van der Waals surface area contributed by atoms with Crippen molar-refractivity contribution < 1.29 is 4.79 Å². The standard InChI is InChI=1S/C18H22N2O/c1-3-15(4-2)20-10-9-14(19-20)12-18(21)17-11-13-7-5-6-8-16(13)17/h5-10,15,17H,3-4,11-12H2,1-2H3. The van der Waals surface area contributed by atoms with Gasteiger partial charge in [-0.1, -0.05) is 38.1 Å². The van der Waals surface area contributed by atoms with Crippen LogP contribution in [0.25, 0.3) is 0 Å². The first kappa shape index (κ1) is 14.1. The normalized spacial score (nSPS) is 16.6. The molecule has 0 amide bonds. The van der Waals surface area contributed by atoms with Gasteiger partial charge in [-0.15, -0.1) is 0 Å². The van der Waals surface area contributed by atoms with Crippen molar-refractivity contribution in [1.82, 2.24) is 9.78 Å². The summed E-state index contributed by atoms with van der Waals surface area (Å²) in [6, 6.07) is 10.7. The molecule has 1 unspecified atom stereocenters. The summed E-state index contributed by atoms with van der Waals surface area (Å²) in [7, 11) is 0. The number of fused-ring (bicyclic) bond motifs is 1. The zero-order chi connectivity index (χ0) is 14.8. The minimum atomic E-state index is 0.0829. The van der Waals surface area contributed by atoms with Crippen LogP contribution >= 0.6 is 0 Å². The van der Waals surface area contributed by atoms with Crippen molar-refractivity contribution >= 4 is 5.78 Å². The molecule has 1 atom stereocenters. The van der Waals surface area contributed by atoms with Crippen LogP contribution < -0.4 is 0 Å². The highest BCUT2D eigenvalue weighted by Crippen LogP contribution is 2.36. The van der Waals surface area contributed by atoms with Crippen LogP contribution in [-0.4, -0.2) is 15.6 Å². The van der Waals surface area contributed by atoms with E-state index in [4.69, 9.17) is 0 Å². The fourth-order valence-electron chi connectivity index (χ4n) is 3.19. The van der Waals surface area contributed by atoms with Crippen molar-refractivity contribution in [3.05, 3.63) is 53.3 Å². The number of rotatable bonds is 6. The maximum atomic E-state index is 12.4. The van der Waals surface area contributed by atoms with Gasteiger partial charge in [-0.3, -0.25) is 9.48 Å². The average molecular weight is 282 g/mol. The Hall–Kier alpha value is -1.90. The number of ketones is 1. The molecular weight excluding hydrogens is 260 g/mol. The number of nitrogens with zero attached hydrogens (tertiary/aromatic N) is 2. The highest BCUT2D eigenvalue weighted by Gasteiger charge is 2.31. The Balaban J connectivity index is 1.67. The third-order valence-electron chi connectivity index (χ3n) is 4.58. The molecule has 1 heterocycles. The third-order valence-corrected chi connectivity index (χ3v) is 4.58. The summed E-state index contributed by atoms with van der Waals surface area (Å²) in [5.41, 5.74) is 3.43. The van der Waals surface area contributed by atoms with Gasteiger partial charge in [0.2, 0.25) is 0 Å². The van der Waals surface area contributed by atoms with Gasteiger partial charge in [-0.25, -0.2) is 0 Å². The topological polar surface area (TPSA) is 34.9 Å². The fourth-order valence-corrected chi connectivity index (χ4v) is 3.19. The van der Waals surface area contributed by atoms with Gasteiger partial charge in [0.1, 0.15) is 5.78 Å². The lowest BCUT2D eigenvalue weighted by atomic mass is 9.74. The Morgan fingerprint density at radius 2 is 2.05 bits per heavy atom. The summed E-state index contributed by atoms with van der Waals surface area (Å²) in [6.07, 6.45) is 5.49. The van der Waals surface area contributed by atoms with Crippen LogP contribution in [0, 0.1) is 0 Å². The van der Waals surface area contributed by atoms with Crippen LogP contribution in [0.4, 0.5) is 0 Å². The highest BCUT2D eigenvalue weighted by atomic mass is 16.1. The summed E-state index contributed by atoms with van der Waals surface area (Å²) in [5, 5.41) is 4.58. The van der Waals surface area contributed by atoms with E-state index in [1.807, 2.05) is 29.1 Å². The molecule has 1 aliphatic rings. The van der Waals surface area contributed by atoms with E-state index < -0.39 is 0 Å². The van der Waals surface area contributed by atoms with E-state index in [9.17, 15) is 4.79 Å². The first-order valence-electron chi connectivity index (χ1n) is 7.87. The van der Waals surface area contributed by atoms with Crippen LogP contribution in [-0.2, 0) is 17.6 Å². The molecule has 0 spiro atoms. The number of carbonyl (C=O) groups excluding carboxylic acids is 1. The van der Waals surface area contributed by atoms with Crippen LogP contribution in [0.2, 0.25) is 0 Å². The summed E-state index contributed by atoms with van der Waals surface area (Å²) in [5.74, 6) is 0.378. The van der Waals surface area contributed by atoms with E-state index in [-0.39, 0.29) is 5.92 Å². The van der Waals surface area contributed by atoms with Crippen LogP contribution in [0.5, 0.6) is 0 Å². The molecule has 0 aliphatic heterocycles. The second-order valence-electron chi connectivity index (χ2n) is 5.86. The Morgan fingerprint density at radius 1 is 1.29 bits per heavy atom. The molecule has 3 nitrogen and oxygen atoms in total. The van der Waals surface area contributed by atoms with Gasteiger partial charge in [-0.2, -0.15) is 5.10 Å². The lowest BCUT2D eigenvalue weighted by Crippen LogP contribution is -2.26. The van der Waals surface area contributed by atoms with E-state index in [1.165, 1.54) is 11.1 Å². The smallest absolute Gasteiger partial charge is 0.146 e. The molecule has 3 rings (SSSR count). The van der Waals surface area contributed by atoms with Crippen LogP contribution in [0.15, 0.2) is 36.5 Å². The molecule has 0 radical (unpaired) electrons. The first-order chi connectivity index (χ1) is 10.2. The molecule has 0 fully saturated rings. The lowest BCUT2D eigenvalue weighted by Gasteiger charge is -2.28. The largest absolute Gasteiger partial charge is 0.299 e. The first-order valence-corrected chi connectivity index (χ1v) is 7.87. The van der Waals surface area contributed by atoms with Gasteiger partial charge in [0, 0.05) is 12.1 Å². The molecule has 3 heteroatoms. The van der Waals surface area contributed by atoms with Gasteiger partial charge in [0.05, 0.1) is 18.2 Å². The second-order valence-corrected chi connectivity index (χ2v) is 5.86. The van der Waals surface area contributed by atoms with E-state index >= 15 is 0 Å². The number of hydrogen-bond donors (Lipinski definition) is 0. The number of hydrogen-bond acceptors (Lipinski definition) is 2. The molecule has 0 bridgehead atoms. The van der Waals surface area contributed by atoms with Crippen molar-refractivity contribution in [3.63, 3.8) is 0 Å². The molecule has 0 saturated carbocycles. The summed E-state index contributed by atoms with van der Waals surface area (Å²) in [4.78, 5) is 12.4. The van der Waals surface area contributed by atoms with E-state index in [1.54, 1.807) is 0 Å². The molecule has 1 aromatic heterocycles. The summed E-state index contributed by atoms with van der Waals surface area (Å²) < 4.78 is 2.01.